The van der Waals surface area contributed by atoms with Crippen LogP contribution in [0.5, 0.6) is 5.75 Å². The fourth-order valence-corrected chi connectivity index (χ4v) is 4.75. The van der Waals surface area contributed by atoms with Crippen molar-refractivity contribution in [2.75, 3.05) is 32.8 Å². The van der Waals surface area contributed by atoms with Crippen LogP contribution < -0.4 is 10.5 Å². The smallest absolute Gasteiger partial charge is 0.152 e. The molecule has 182 valence electrons. The summed E-state index contributed by atoms with van der Waals surface area (Å²) in [6, 6.07) is 6.62. The minimum atomic E-state index is -0.116. The first kappa shape index (κ1) is 24.1. The van der Waals surface area contributed by atoms with Crippen LogP contribution in [0, 0.1) is 5.41 Å². The zero-order chi connectivity index (χ0) is 24.5. The summed E-state index contributed by atoms with van der Waals surface area (Å²) in [5.74, 6) is 3.05. The normalized spacial score (nSPS) is 20.9. The number of likely N-dealkylation sites (tertiary alicyclic amines) is 1. The summed E-state index contributed by atoms with van der Waals surface area (Å²) < 4.78 is 6.17. The second kappa shape index (κ2) is 9.67. The molecule has 3 aliphatic heterocycles. The Bertz CT molecular complexity index is 1050. The maximum Gasteiger partial charge on any atom is 0.152 e. The number of amidine groups is 2. The van der Waals surface area contributed by atoms with E-state index in [2.05, 4.69) is 71.1 Å². The fraction of sp³-hybridized carbons (Fsp3) is 0.556. The lowest BCUT2D eigenvalue weighted by atomic mass is 9.86. The molecule has 0 radical (unpaired) electrons. The number of aliphatic imine (C=N–C) groups is 3. The SMILES string of the molecule is C=C=C(CC(C)(C)C)N1CC(c2ccc3c(c2)OCCN2CC(C(N=CN)=NC(C)C)N=C32)C1. The quantitative estimate of drug-likeness (QED) is 0.410. The van der Waals surface area contributed by atoms with Gasteiger partial charge >= 0.3 is 0 Å². The van der Waals surface area contributed by atoms with E-state index in [4.69, 9.17) is 15.5 Å². The number of benzene rings is 1. The van der Waals surface area contributed by atoms with Gasteiger partial charge in [-0.25, -0.2) is 4.99 Å². The van der Waals surface area contributed by atoms with Crippen LogP contribution in [0.25, 0.3) is 0 Å². The molecule has 0 spiro atoms. The van der Waals surface area contributed by atoms with Gasteiger partial charge in [-0.2, -0.15) is 0 Å². The highest BCUT2D eigenvalue weighted by atomic mass is 16.5. The number of nitrogens with zero attached hydrogens (tertiary/aromatic N) is 5. The molecule has 1 aromatic rings. The third kappa shape index (κ3) is 5.20. The number of fused-ring (bicyclic) bond motifs is 3. The van der Waals surface area contributed by atoms with Crippen molar-refractivity contribution in [2.45, 2.75) is 59.0 Å². The molecule has 0 saturated carbocycles. The number of hydrogen-bond acceptors (Lipinski definition) is 5. The van der Waals surface area contributed by atoms with E-state index in [0.29, 0.717) is 18.4 Å². The van der Waals surface area contributed by atoms with E-state index < -0.39 is 0 Å². The second-order valence-electron chi connectivity index (χ2n) is 10.8. The largest absolute Gasteiger partial charge is 0.491 e. The number of ether oxygens (including phenoxy) is 1. The zero-order valence-electron chi connectivity index (χ0n) is 21.2. The van der Waals surface area contributed by atoms with E-state index in [1.165, 1.54) is 17.6 Å². The highest BCUT2D eigenvalue weighted by Crippen LogP contribution is 2.37. The lowest BCUT2D eigenvalue weighted by molar-refractivity contribution is 0.178. The molecule has 1 atom stereocenters. The molecule has 1 aromatic carbocycles. The maximum absolute atomic E-state index is 6.17. The van der Waals surface area contributed by atoms with Crippen LogP contribution >= 0.6 is 0 Å². The Labute approximate surface area is 203 Å². The van der Waals surface area contributed by atoms with Crippen LogP contribution in [0.1, 0.15) is 58.1 Å². The summed E-state index contributed by atoms with van der Waals surface area (Å²) in [6.07, 6.45) is 2.30. The number of rotatable bonds is 5. The van der Waals surface area contributed by atoms with Crippen LogP contribution in [0.4, 0.5) is 0 Å². The Hall–Kier alpha value is -3.05. The van der Waals surface area contributed by atoms with Crippen LogP contribution in [0.15, 0.2) is 51.2 Å². The van der Waals surface area contributed by atoms with Gasteiger partial charge in [-0.3, -0.25) is 9.98 Å². The lowest BCUT2D eigenvalue weighted by Gasteiger charge is -2.43. The second-order valence-corrected chi connectivity index (χ2v) is 10.8. The van der Waals surface area contributed by atoms with E-state index in [-0.39, 0.29) is 17.5 Å². The van der Waals surface area contributed by atoms with Crippen molar-refractivity contribution in [1.82, 2.24) is 9.80 Å². The van der Waals surface area contributed by atoms with Crippen molar-refractivity contribution in [1.29, 1.82) is 0 Å². The minimum absolute atomic E-state index is 0.116. The molecule has 3 aliphatic rings. The van der Waals surface area contributed by atoms with Gasteiger partial charge in [0.15, 0.2) is 5.84 Å². The Kier molecular flexibility index (Phi) is 6.85. The zero-order valence-corrected chi connectivity index (χ0v) is 21.2. The third-order valence-electron chi connectivity index (χ3n) is 6.37. The van der Waals surface area contributed by atoms with Gasteiger partial charge in [0.05, 0.1) is 24.1 Å². The molecular weight excluding hydrogens is 424 g/mol. The summed E-state index contributed by atoms with van der Waals surface area (Å²) in [5.41, 5.74) is 12.6. The molecule has 0 aromatic heterocycles. The molecule has 4 rings (SSSR count). The maximum atomic E-state index is 6.17. The van der Waals surface area contributed by atoms with E-state index in [1.807, 2.05) is 13.8 Å². The van der Waals surface area contributed by atoms with E-state index in [9.17, 15) is 0 Å². The van der Waals surface area contributed by atoms with Crippen molar-refractivity contribution >= 4 is 18.0 Å². The topological polar surface area (TPSA) is 78.8 Å². The van der Waals surface area contributed by atoms with Crippen molar-refractivity contribution in [2.24, 2.45) is 26.1 Å². The van der Waals surface area contributed by atoms with Crippen LogP contribution in [0.2, 0.25) is 0 Å². The predicted octanol–water partition coefficient (Wildman–Crippen LogP) is 3.81. The van der Waals surface area contributed by atoms with Gasteiger partial charge in [-0.15, -0.1) is 5.73 Å². The number of nitrogens with two attached hydrogens (primary N) is 1. The van der Waals surface area contributed by atoms with Gasteiger partial charge in [-0.1, -0.05) is 33.4 Å². The Balaban J connectivity index is 1.53. The summed E-state index contributed by atoms with van der Waals surface area (Å²) in [4.78, 5) is 18.6. The summed E-state index contributed by atoms with van der Waals surface area (Å²) in [7, 11) is 0. The van der Waals surface area contributed by atoms with Crippen LogP contribution in [0.3, 0.4) is 0 Å². The van der Waals surface area contributed by atoms with Gasteiger partial charge in [-0.05, 0) is 43.4 Å². The molecule has 7 heteroatoms. The number of hydrogen-bond donors (Lipinski definition) is 1. The van der Waals surface area contributed by atoms with Gasteiger partial charge in [0.2, 0.25) is 0 Å². The first-order valence-electron chi connectivity index (χ1n) is 12.2. The van der Waals surface area contributed by atoms with Crippen molar-refractivity contribution < 1.29 is 4.74 Å². The van der Waals surface area contributed by atoms with Crippen LogP contribution in [-0.4, -0.2) is 72.7 Å². The van der Waals surface area contributed by atoms with E-state index >= 15 is 0 Å². The Morgan fingerprint density at radius 1 is 1.32 bits per heavy atom. The molecule has 1 unspecified atom stereocenters. The fourth-order valence-electron chi connectivity index (χ4n) is 4.75. The Morgan fingerprint density at radius 3 is 2.74 bits per heavy atom. The van der Waals surface area contributed by atoms with E-state index in [0.717, 1.165) is 49.7 Å². The van der Waals surface area contributed by atoms with Crippen molar-refractivity contribution in [3.05, 3.63) is 47.3 Å². The molecule has 0 amide bonds. The van der Waals surface area contributed by atoms with Crippen LogP contribution in [-0.2, 0) is 0 Å². The molecule has 2 N–H and O–H groups in total. The highest BCUT2D eigenvalue weighted by Gasteiger charge is 2.35. The van der Waals surface area contributed by atoms with Gasteiger partial charge in [0, 0.05) is 31.6 Å². The average Bonchev–Trinajstić information content (AvgIpc) is 3.07. The number of allylic oxidation sites excluding steroid dienone is 1. The molecule has 0 aliphatic carbocycles. The first-order valence-corrected chi connectivity index (χ1v) is 12.2. The minimum Gasteiger partial charge on any atom is -0.491 e. The van der Waals surface area contributed by atoms with E-state index in [1.54, 1.807) is 0 Å². The molecule has 1 fully saturated rings. The Morgan fingerprint density at radius 2 is 2.09 bits per heavy atom. The molecule has 1 saturated heterocycles. The van der Waals surface area contributed by atoms with Gasteiger partial charge in [0.25, 0.3) is 0 Å². The summed E-state index contributed by atoms with van der Waals surface area (Å²) in [6.45, 7) is 18.9. The summed E-state index contributed by atoms with van der Waals surface area (Å²) >= 11 is 0. The predicted molar refractivity (Wildman–Crippen MR) is 140 cm³/mol. The highest BCUT2D eigenvalue weighted by molar-refractivity contribution is 6.06. The molecule has 0 bridgehead atoms. The standard InChI is InChI=1S/C27H38N6O/c1-7-21(13-27(4,5)6)33-14-20(15-33)19-8-9-22-24(12-19)34-11-10-32-16-23(31-26(22)32)25(29-17-28)30-18(2)3/h8-9,12,17-18,20,23H,1,10-11,13-16H2,2-6H3,(H2,28,29,30). The summed E-state index contributed by atoms with van der Waals surface area (Å²) in [5, 5.41) is 0. The molecule has 34 heavy (non-hydrogen) atoms. The monoisotopic (exact) mass is 462 g/mol. The average molecular weight is 463 g/mol. The molecular formula is C27H38N6O. The molecule has 7 nitrogen and oxygen atoms in total. The van der Waals surface area contributed by atoms with Gasteiger partial charge < -0.3 is 20.3 Å². The lowest BCUT2D eigenvalue weighted by Crippen LogP contribution is -2.44. The van der Waals surface area contributed by atoms with Crippen molar-refractivity contribution in [3.63, 3.8) is 0 Å². The molecule has 3 heterocycles. The van der Waals surface area contributed by atoms with Gasteiger partial charge in [0.1, 0.15) is 24.2 Å². The third-order valence-corrected chi connectivity index (χ3v) is 6.37. The first-order chi connectivity index (χ1) is 16.2. The van der Waals surface area contributed by atoms with Crippen molar-refractivity contribution in [3.8, 4) is 5.75 Å².